The van der Waals surface area contributed by atoms with Gasteiger partial charge in [-0.1, -0.05) is 0 Å². The summed E-state index contributed by atoms with van der Waals surface area (Å²) in [7, 11) is 1.60. The number of oxazole rings is 1. The van der Waals surface area contributed by atoms with E-state index in [1.807, 2.05) is 44.2 Å². The van der Waals surface area contributed by atoms with Gasteiger partial charge in [-0.25, -0.2) is 14.5 Å². The van der Waals surface area contributed by atoms with E-state index in [2.05, 4.69) is 20.1 Å². The van der Waals surface area contributed by atoms with E-state index in [1.54, 1.807) is 11.6 Å². The molecule has 4 rings (SSSR count). The average molecular weight is 393 g/mol. The normalized spacial score (nSPS) is 11.0. The quantitative estimate of drug-likeness (QED) is 0.461. The van der Waals surface area contributed by atoms with Crippen LogP contribution >= 0.6 is 0 Å². The van der Waals surface area contributed by atoms with Gasteiger partial charge in [0.15, 0.2) is 5.82 Å². The summed E-state index contributed by atoms with van der Waals surface area (Å²) in [6, 6.07) is 9.22. The zero-order valence-corrected chi connectivity index (χ0v) is 16.2. The van der Waals surface area contributed by atoms with Gasteiger partial charge < -0.3 is 13.9 Å². The van der Waals surface area contributed by atoms with Gasteiger partial charge in [0.2, 0.25) is 5.89 Å². The predicted molar refractivity (Wildman–Crippen MR) is 102 cm³/mol. The van der Waals surface area contributed by atoms with Gasteiger partial charge in [0.05, 0.1) is 7.11 Å². The van der Waals surface area contributed by atoms with E-state index < -0.39 is 5.97 Å². The second-order valence-electron chi connectivity index (χ2n) is 6.49. The SMILES string of the molecule is COc1ccc(-c2nc(COC(=O)Cc3nc4nc(C)cc(C)n4n3)co2)cc1. The number of carbonyl (C=O) groups excluding carboxylic acids is 1. The summed E-state index contributed by atoms with van der Waals surface area (Å²) < 4.78 is 17.5. The number of methoxy groups -OCH3 is 1. The zero-order valence-electron chi connectivity index (χ0n) is 16.2. The first-order valence-electron chi connectivity index (χ1n) is 8.96. The molecule has 0 saturated carbocycles. The second-order valence-corrected chi connectivity index (χ2v) is 6.49. The second kappa shape index (κ2) is 7.70. The number of rotatable bonds is 6. The molecule has 0 spiro atoms. The number of carbonyl (C=O) groups is 1. The van der Waals surface area contributed by atoms with Crippen LogP contribution in [0.25, 0.3) is 17.2 Å². The van der Waals surface area contributed by atoms with Crippen molar-refractivity contribution in [1.29, 1.82) is 0 Å². The van der Waals surface area contributed by atoms with Gasteiger partial charge in [0.1, 0.15) is 30.7 Å². The molecule has 3 heterocycles. The highest BCUT2D eigenvalue weighted by Gasteiger charge is 2.14. The largest absolute Gasteiger partial charge is 0.497 e. The van der Waals surface area contributed by atoms with E-state index in [1.165, 1.54) is 6.26 Å². The summed E-state index contributed by atoms with van der Waals surface area (Å²) in [6.07, 6.45) is 1.41. The Labute approximate surface area is 166 Å². The standard InChI is InChI=1S/C20H19N5O4/c1-12-8-13(2)25-20(21-12)23-17(24-25)9-18(26)28-10-15-11-29-19(22-15)14-4-6-16(27-3)7-5-14/h4-8,11H,9-10H2,1-3H3. The fourth-order valence-electron chi connectivity index (χ4n) is 2.86. The number of hydrogen-bond donors (Lipinski definition) is 0. The van der Waals surface area contributed by atoms with Crippen LogP contribution < -0.4 is 4.74 Å². The fraction of sp³-hybridized carbons (Fsp3) is 0.250. The molecular weight excluding hydrogens is 374 g/mol. The van der Waals surface area contributed by atoms with Gasteiger partial charge >= 0.3 is 5.97 Å². The number of aryl methyl sites for hydroxylation is 2. The van der Waals surface area contributed by atoms with Crippen molar-refractivity contribution < 1.29 is 18.7 Å². The summed E-state index contributed by atoms with van der Waals surface area (Å²) in [4.78, 5) is 25.1. The molecule has 4 aromatic rings. The molecule has 9 heteroatoms. The van der Waals surface area contributed by atoms with E-state index >= 15 is 0 Å². The molecule has 0 radical (unpaired) electrons. The van der Waals surface area contributed by atoms with E-state index in [4.69, 9.17) is 13.9 Å². The summed E-state index contributed by atoms with van der Waals surface area (Å²) >= 11 is 0. The van der Waals surface area contributed by atoms with Crippen molar-refractivity contribution in [2.24, 2.45) is 0 Å². The van der Waals surface area contributed by atoms with Gasteiger partial charge in [0.25, 0.3) is 5.78 Å². The Kier molecular flexibility index (Phi) is 4.94. The van der Waals surface area contributed by atoms with Crippen molar-refractivity contribution in [2.75, 3.05) is 7.11 Å². The summed E-state index contributed by atoms with van der Waals surface area (Å²) in [6.45, 7) is 3.79. The predicted octanol–water partition coefficient (Wildman–Crippen LogP) is 2.69. The average Bonchev–Trinajstić information content (AvgIpc) is 3.33. The molecule has 0 amide bonds. The maximum Gasteiger partial charge on any atom is 0.314 e. The summed E-state index contributed by atoms with van der Waals surface area (Å²) in [5, 5.41) is 4.30. The van der Waals surface area contributed by atoms with Crippen LogP contribution in [-0.2, 0) is 22.6 Å². The van der Waals surface area contributed by atoms with Crippen LogP contribution in [0.2, 0.25) is 0 Å². The van der Waals surface area contributed by atoms with Gasteiger partial charge in [-0.15, -0.1) is 5.10 Å². The molecule has 3 aromatic heterocycles. The first kappa shape index (κ1) is 18.6. The molecule has 9 nitrogen and oxygen atoms in total. The van der Waals surface area contributed by atoms with E-state index in [-0.39, 0.29) is 13.0 Å². The van der Waals surface area contributed by atoms with Gasteiger partial charge in [0, 0.05) is 17.0 Å². The van der Waals surface area contributed by atoms with Gasteiger partial charge in [-0.2, -0.15) is 4.98 Å². The Bertz CT molecular complexity index is 1160. The fourth-order valence-corrected chi connectivity index (χ4v) is 2.86. The number of nitrogens with zero attached hydrogens (tertiary/aromatic N) is 5. The van der Waals surface area contributed by atoms with Crippen molar-refractivity contribution >= 4 is 11.7 Å². The Morgan fingerprint density at radius 2 is 1.93 bits per heavy atom. The monoisotopic (exact) mass is 393 g/mol. The van der Waals surface area contributed by atoms with Crippen LogP contribution in [-0.4, -0.2) is 37.6 Å². The van der Waals surface area contributed by atoms with Crippen molar-refractivity contribution in [3.05, 3.63) is 59.5 Å². The van der Waals surface area contributed by atoms with Gasteiger partial charge in [-0.05, 0) is 44.2 Å². The Hall–Kier alpha value is -3.75. The number of aromatic nitrogens is 5. The molecule has 0 aliphatic carbocycles. The highest BCUT2D eigenvalue weighted by molar-refractivity contribution is 5.71. The molecule has 148 valence electrons. The van der Waals surface area contributed by atoms with Crippen LogP contribution in [0, 0.1) is 13.8 Å². The van der Waals surface area contributed by atoms with E-state index in [9.17, 15) is 4.79 Å². The Morgan fingerprint density at radius 3 is 2.69 bits per heavy atom. The number of fused-ring (bicyclic) bond motifs is 1. The molecule has 0 bridgehead atoms. The third-order valence-electron chi connectivity index (χ3n) is 4.23. The zero-order chi connectivity index (χ0) is 20.4. The topological polar surface area (TPSA) is 105 Å². The smallest absolute Gasteiger partial charge is 0.314 e. The lowest BCUT2D eigenvalue weighted by Crippen LogP contribution is -2.09. The van der Waals surface area contributed by atoms with Crippen LogP contribution in [0.15, 0.2) is 41.0 Å². The molecule has 0 saturated heterocycles. The molecule has 0 aliphatic rings. The van der Waals surface area contributed by atoms with Crippen molar-refractivity contribution in [3.63, 3.8) is 0 Å². The number of esters is 1. The maximum atomic E-state index is 12.2. The van der Waals surface area contributed by atoms with Crippen LogP contribution in [0.4, 0.5) is 0 Å². The first-order chi connectivity index (χ1) is 14.0. The highest BCUT2D eigenvalue weighted by atomic mass is 16.5. The lowest BCUT2D eigenvalue weighted by molar-refractivity contribution is -0.144. The third kappa shape index (κ3) is 4.08. The van der Waals surface area contributed by atoms with Crippen LogP contribution in [0.1, 0.15) is 22.9 Å². The van der Waals surface area contributed by atoms with Crippen molar-refractivity contribution in [2.45, 2.75) is 26.9 Å². The first-order valence-corrected chi connectivity index (χ1v) is 8.96. The number of benzene rings is 1. The number of hydrogen-bond acceptors (Lipinski definition) is 8. The molecule has 29 heavy (non-hydrogen) atoms. The van der Waals surface area contributed by atoms with E-state index in [0.717, 1.165) is 22.7 Å². The molecule has 0 unspecified atom stereocenters. The lowest BCUT2D eigenvalue weighted by atomic mass is 10.2. The minimum absolute atomic E-state index is 0.00223. The summed E-state index contributed by atoms with van der Waals surface area (Å²) in [5.74, 6) is 1.55. The lowest BCUT2D eigenvalue weighted by Gasteiger charge is -2.00. The van der Waals surface area contributed by atoms with Crippen LogP contribution in [0.5, 0.6) is 5.75 Å². The number of ether oxygens (including phenoxy) is 2. The van der Waals surface area contributed by atoms with E-state index in [0.29, 0.717) is 23.2 Å². The summed E-state index contributed by atoms with van der Waals surface area (Å²) in [5.41, 5.74) is 3.05. The highest BCUT2D eigenvalue weighted by Crippen LogP contribution is 2.22. The van der Waals surface area contributed by atoms with Crippen LogP contribution in [0.3, 0.4) is 0 Å². The Morgan fingerprint density at radius 1 is 1.14 bits per heavy atom. The van der Waals surface area contributed by atoms with Crippen molar-refractivity contribution in [3.8, 4) is 17.2 Å². The molecule has 0 atom stereocenters. The molecular formula is C20H19N5O4. The minimum atomic E-state index is -0.454. The maximum absolute atomic E-state index is 12.2. The molecule has 1 aromatic carbocycles. The Balaban J connectivity index is 1.37. The molecule has 0 fully saturated rings. The molecule has 0 aliphatic heterocycles. The van der Waals surface area contributed by atoms with Gasteiger partial charge in [-0.3, -0.25) is 4.79 Å². The van der Waals surface area contributed by atoms with Crippen molar-refractivity contribution in [1.82, 2.24) is 24.6 Å². The minimum Gasteiger partial charge on any atom is -0.497 e. The molecule has 0 N–H and O–H groups in total. The third-order valence-corrected chi connectivity index (χ3v) is 4.23.